The quantitative estimate of drug-likeness (QED) is 0.721. The summed E-state index contributed by atoms with van der Waals surface area (Å²) in [6.07, 6.45) is 0.497. The summed E-state index contributed by atoms with van der Waals surface area (Å²) in [5.41, 5.74) is 2.50. The Labute approximate surface area is 123 Å². The number of nitrogens with one attached hydrogen (secondary N) is 1. The highest BCUT2D eigenvalue weighted by Gasteiger charge is 2.16. The first-order chi connectivity index (χ1) is 9.92. The Morgan fingerprint density at radius 2 is 1.76 bits per heavy atom. The normalized spacial score (nSPS) is 12.0. The number of furan rings is 1. The number of anilines is 1. The topological polar surface area (TPSA) is 42.2 Å². The summed E-state index contributed by atoms with van der Waals surface area (Å²) < 4.78 is 5.78. The van der Waals surface area contributed by atoms with Crippen molar-refractivity contribution in [3.8, 4) is 0 Å². The number of hydrogen-bond donors (Lipinski definition) is 1. The van der Waals surface area contributed by atoms with Gasteiger partial charge in [0.25, 0.3) is 0 Å². The molecule has 0 atom stereocenters. The number of carbonyl (C=O) groups is 1. The van der Waals surface area contributed by atoms with E-state index in [4.69, 9.17) is 4.42 Å². The molecular weight excluding hydrogens is 262 g/mol. The van der Waals surface area contributed by atoms with E-state index in [1.165, 1.54) is 0 Å². The molecule has 3 aromatic rings. The first kappa shape index (κ1) is 13.7. The molecule has 108 valence electrons. The molecule has 21 heavy (non-hydrogen) atoms. The van der Waals surface area contributed by atoms with Gasteiger partial charge in [0.15, 0.2) is 0 Å². The lowest BCUT2D eigenvalue weighted by molar-refractivity contribution is -0.117. The number of carbonyl (C=O) groups excluding carboxylic acids is 1. The van der Waals surface area contributed by atoms with Crippen molar-refractivity contribution >= 4 is 33.5 Å². The van der Waals surface area contributed by atoms with Gasteiger partial charge >= 0.3 is 0 Å². The van der Waals surface area contributed by atoms with Gasteiger partial charge in [-0.2, -0.15) is 0 Å². The van der Waals surface area contributed by atoms with Gasteiger partial charge in [-0.15, -0.1) is 0 Å². The van der Waals surface area contributed by atoms with Crippen molar-refractivity contribution in [2.75, 3.05) is 5.32 Å². The summed E-state index contributed by atoms with van der Waals surface area (Å²) in [5, 5.41) is 5.06. The number of rotatable bonds is 2. The van der Waals surface area contributed by atoms with E-state index >= 15 is 0 Å². The van der Waals surface area contributed by atoms with Gasteiger partial charge in [-0.05, 0) is 29.7 Å². The molecule has 0 fully saturated rings. The molecule has 3 nitrogen and oxygen atoms in total. The molecule has 0 aliphatic rings. The molecule has 3 rings (SSSR count). The molecule has 0 unspecified atom stereocenters. The third-order valence-corrected chi connectivity index (χ3v) is 3.35. The summed E-state index contributed by atoms with van der Waals surface area (Å²) in [4.78, 5) is 12.0. The van der Waals surface area contributed by atoms with Crippen LogP contribution in [0.1, 0.15) is 27.2 Å². The van der Waals surface area contributed by atoms with Crippen LogP contribution in [0.5, 0.6) is 0 Å². The maximum atomic E-state index is 12.0. The van der Waals surface area contributed by atoms with Crippen molar-refractivity contribution in [1.29, 1.82) is 0 Å². The average molecular weight is 281 g/mol. The molecule has 0 saturated heterocycles. The second-order valence-corrected chi connectivity index (χ2v) is 6.59. The molecule has 1 amide bonds. The summed E-state index contributed by atoms with van der Waals surface area (Å²) in [6, 6.07) is 13.7. The van der Waals surface area contributed by atoms with Crippen molar-refractivity contribution in [3.05, 3.63) is 42.5 Å². The van der Waals surface area contributed by atoms with Crippen LogP contribution in [0, 0.1) is 5.41 Å². The minimum absolute atomic E-state index is 0.0173. The van der Waals surface area contributed by atoms with Gasteiger partial charge in [-0.3, -0.25) is 4.79 Å². The monoisotopic (exact) mass is 281 g/mol. The third-order valence-electron chi connectivity index (χ3n) is 3.35. The predicted octanol–water partition coefficient (Wildman–Crippen LogP) is 4.96. The van der Waals surface area contributed by atoms with Crippen molar-refractivity contribution in [3.63, 3.8) is 0 Å². The van der Waals surface area contributed by atoms with Gasteiger partial charge in [0.05, 0.1) is 0 Å². The first-order valence-corrected chi connectivity index (χ1v) is 7.13. The van der Waals surface area contributed by atoms with Crippen LogP contribution in [-0.2, 0) is 4.79 Å². The van der Waals surface area contributed by atoms with E-state index in [1.54, 1.807) is 0 Å². The Bertz CT molecular complexity index is 809. The van der Waals surface area contributed by atoms with E-state index < -0.39 is 0 Å². The molecular formula is C18H19NO2. The van der Waals surface area contributed by atoms with Crippen LogP contribution in [0.4, 0.5) is 5.69 Å². The minimum Gasteiger partial charge on any atom is -0.456 e. The molecule has 0 aliphatic heterocycles. The molecule has 0 spiro atoms. The molecule has 0 aliphatic carbocycles. The van der Waals surface area contributed by atoms with Crippen molar-refractivity contribution < 1.29 is 9.21 Å². The van der Waals surface area contributed by atoms with E-state index in [2.05, 4.69) is 26.1 Å². The van der Waals surface area contributed by atoms with Gasteiger partial charge in [0.1, 0.15) is 11.2 Å². The number of para-hydroxylation sites is 1. The van der Waals surface area contributed by atoms with Crippen molar-refractivity contribution in [1.82, 2.24) is 0 Å². The zero-order valence-corrected chi connectivity index (χ0v) is 12.6. The van der Waals surface area contributed by atoms with E-state index in [0.717, 1.165) is 27.6 Å². The molecule has 1 aromatic heterocycles. The summed E-state index contributed by atoms with van der Waals surface area (Å²) in [7, 11) is 0. The zero-order chi connectivity index (χ0) is 15.0. The largest absolute Gasteiger partial charge is 0.456 e. The fourth-order valence-corrected chi connectivity index (χ4v) is 2.49. The number of amides is 1. The molecule has 0 saturated carbocycles. The smallest absolute Gasteiger partial charge is 0.224 e. The minimum atomic E-state index is -0.0173. The van der Waals surface area contributed by atoms with Crippen LogP contribution in [0.3, 0.4) is 0 Å². The standard InChI is InChI=1S/C18H19NO2/c1-18(2,3)11-17(20)19-12-8-9-16-14(10-12)13-6-4-5-7-15(13)21-16/h4-10H,11H2,1-3H3,(H,19,20). The number of hydrogen-bond acceptors (Lipinski definition) is 2. The number of fused-ring (bicyclic) bond motifs is 3. The zero-order valence-electron chi connectivity index (χ0n) is 12.6. The van der Waals surface area contributed by atoms with Gasteiger partial charge in [-0.25, -0.2) is 0 Å². The van der Waals surface area contributed by atoms with Gasteiger partial charge < -0.3 is 9.73 Å². The average Bonchev–Trinajstić information content (AvgIpc) is 2.74. The second-order valence-electron chi connectivity index (χ2n) is 6.59. The van der Waals surface area contributed by atoms with Gasteiger partial charge in [-0.1, -0.05) is 39.0 Å². The van der Waals surface area contributed by atoms with Gasteiger partial charge in [0, 0.05) is 22.9 Å². The molecule has 2 aromatic carbocycles. The molecule has 0 radical (unpaired) electrons. The van der Waals surface area contributed by atoms with Crippen LogP contribution in [0.2, 0.25) is 0 Å². The van der Waals surface area contributed by atoms with Crippen molar-refractivity contribution in [2.45, 2.75) is 27.2 Å². The predicted molar refractivity (Wildman–Crippen MR) is 86.4 cm³/mol. The SMILES string of the molecule is CC(C)(C)CC(=O)Nc1ccc2oc3ccccc3c2c1. The number of benzene rings is 2. The molecule has 1 N–H and O–H groups in total. The third kappa shape index (κ3) is 2.92. The Balaban J connectivity index is 1.94. The summed E-state index contributed by atoms with van der Waals surface area (Å²) in [6.45, 7) is 6.16. The maximum absolute atomic E-state index is 12.0. The van der Waals surface area contributed by atoms with E-state index in [1.807, 2.05) is 42.5 Å². The lowest BCUT2D eigenvalue weighted by Gasteiger charge is -2.17. The van der Waals surface area contributed by atoms with E-state index in [9.17, 15) is 4.79 Å². The van der Waals surface area contributed by atoms with E-state index in [-0.39, 0.29) is 11.3 Å². The highest BCUT2D eigenvalue weighted by Crippen LogP contribution is 2.30. The Morgan fingerprint density at radius 1 is 1.05 bits per heavy atom. The van der Waals surface area contributed by atoms with Crippen molar-refractivity contribution in [2.24, 2.45) is 5.41 Å². The highest BCUT2D eigenvalue weighted by molar-refractivity contribution is 6.06. The van der Waals surface area contributed by atoms with Crippen LogP contribution in [0.25, 0.3) is 21.9 Å². The highest BCUT2D eigenvalue weighted by atomic mass is 16.3. The van der Waals surface area contributed by atoms with Crippen LogP contribution in [-0.4, -0.2) is 5.91 Å². The Morgan fingerprint density at radius 3 is 2.52 bits per heavy atom. The lowest BCUT2D eigenvalue weighted by atomic mass is 9.92. The lowest BCUT2D eigenvalue weighted by Crippen LogP contribution is -2.19. The van der Waals surface area contributed by atoms with E-state index in [0.29, 0.717) is 6.42 Å². The fourth-order valence-electron chi connectivity index (χ4n) is 2.49. The van der Waals surface area contributed by atoms with Crippen LogP contribution < -0.4 is 5.32 Å². The van der Waals surface area contributed by atoms with Crippen LogP contribution in [0.15, 0.2) is 46.9 Å². The Hall–Kier alpha value is -2.29. The maximum Gasteiger partial charge on any atom is 0.224 e. The van der Waals surface area contributed by atoms with Crippen LogP contribution >= 0.6 is 0 Å². The Kier molecular flexibility index (Phi) is 3.20. The first-order valence-electron chi connectivity index (χ1n) is 7.13. The molecule has 1 heterocycles. The summed E-state index contributed by atoms with van der Waals surface area (Å²) >= 11 is 0. The molecule has 3 heteroatoms. The fraction of sp³-hybridized carbons (Fsp3) is 0.278. The van der Waals surface area contributed by atoms with Gasteiger partial charge in [0.2, 0.25) is 5.91 Å². The summed E-state index contributed by atoms with van der Waals surface area (Å²) in [5.74, 6) is 0.0367. The second kappa shape index (κ2) is 4.92. The molecule has 0 bridgehead atoms.